The van der Waals surface area contributed by atoms with E-state index in [2.05, 4.69) is 12.2 Å². The lowest BCUT2D eigenvalue weighted by Crippen LogP contribution is -2.38. The highest BCUT2D eigenvalue weighted by Gasteiger charge is 2.21. The molecule has 1 aliphatic rings. The normalized spacial score (nSPS) is 28.0. The Labute approximate surface area is 55.6 Å². The molecular weight excluding hydrogens is 116 g/mol. The van der Waals surface area contributed by atoms with Crippen molar-refractivity contribution in [3.8, 4) is 0 Å². The lowest BCUT2D eigenvalue weighted by molar-refractivity contribution is 0.381. The number of nitrogens with two attached hydrogens (primary N) is 1. The Hall–Kier alpha value is -0.120. The average Bonchev–Trinajstić information content (AvgIpc) is 2.65. The standard InChI is InChI=1S/C6H14N2O/c1-2-6(7)8-3-5-4-9-5/h5-6,8H,2-4,7H2,1H3. The van der Waals surface area contributed by atoms with Crippen LogP contribution in [0.25, 0.3) is 0 Å². The number of epoxide rings is 1. The third kappa shape index (κ3) is 2.79. The Morgan fingerprint density at radius 1 is 1.89 bits per heavy atom. The van der Waals surface area contributed by atoms with E-state index in [9.17, 15) is 0 Å². The summed E-state index contributed by atoms with van der Waals surface area (Å²) in [5.74, 6) is 0. The van der Waals surface area contributed by atoms with Gasteiger partial charge in [0.05, 0.1) is 18.9 Å². The Bertz CT molecular complexity index is 83.1. The van der Waals surface area contributed by atoms with E-state index in [0.29, 0.717) is 6.10 Å². The maximum atomic E-state index is 5.58. The smallest absolute Gasteiger partial charge is 0.0934 e. The van der Waals surface area contributed by atoms with Gasteiger partial charge in [-0.2, -0.15) is 0 Å². The summed E-state index contributed by atoms with van der Waals surface area (Å²) in [5.41, 5.74) is 5.58. The highest BCUT2D eigenvalue weighted by atomic mass is 16.6. The molecular formula is C6H14N2O. The Balaban J connectivity index is 1.90. The molecule has 1 heterocycles. The first-order chi connectivity index (χ1) is 4.33. The largest absolute Gasteiger partial charge is 0.372 e. The van der Waals surface area contributed by atoms with E-state index in [0.717, 1.165) is 19.6 Å². The lowest BCUT2D eigenvalue weighted by Gasteiger charge is -2.08. The molecule has 1 rings (SSSR count). The first kappa shape index (κ1) is 6.99. The van der Waals surface area contributed by atoms with E-state index in [-0.39, 0.29) is 6.17 Å². The van der Waals surface area contributed by atoms with Crippen LogP contribution in [-0.2, 0) is 4.74 Å². The number of hydrogen-bond donors (Lipinski definition) is 2. The number of rotatable bonds is 4. The van der Waals surface area contributed by atoms with Crippen LogP contribution in [0.15, 0.2) is 0 Å². The van der Waals surface area contributed by atoms with Gasteiger partial charge in [-0.15, -0.1) is 0 Å². The van der Waals surface area contributed by atoms with Crippen molar-refractivity contribution in [3.05, 3.63) is 0 Å². The minimum Gasteiger partial charge on any atom is -0.372 e. The second-order valence-electron chi connectivity index (χ2n) is 2.38. The van der Waals surface area contributed by atoms with Crippen LogP contribution < -0.4 is 11.1 Å². The minimum absolute atomic E-state index is 0.147. The summed E-state index contributed by atoms with van der Waals surface area (Å²) in [5, 5.41) is 3.15. The van der Waals surface area contributed by atoms with Gasteiger partial charge in [0.1, 0.15) is 0 Å². The van der Waals surface area contributed by atoms with E-state index in [1.807, 2.05) is 0 Å². The Morgan fingerprint density at radius 3 is 3.00 bits per heavy atom. The van der Waals surface area contributed by atoms with Crippen molar-refractivity contribution in [3.63, 3.8) is 0 Å². The van der Waals surface area contributed by atoms with Crippen LogP contribution in [0.5, 0.6) is 0 Å². The molecule has 0 aromatic rings. The molecule has 0 aromatic heterocycles. The van der Waals surface area contributed by atoms with Gasteiger partial charge < -0.3 is 10.5 Å². The monoisotopic (exact) mass is 130 g/mol. The summed E-state index contributed by atoms with van der Waals surface area (Å²) < 4.78 is 4.99. The summed E-state index contributed by atoms with van der Waals surface area (Å²) in [6.07, 6.45) is 1.57. The maximum absolute atomic E-state index is 5.58. The van der Waals surface area contributed by atoms with E-state index in [4.69, 9.17) is 10.5 Å². The summed E-state index contributed by atoms with van der Waals surface area (Å²) in [6.45, 7) is 3.88. The molecule has 3 N–H and O–H groups in total. The molecule has 2 atom stereocenters. The second kappa shape index (κ2) is 3.15. The third-order valence-corrected chi connectivity index (χ3v) is 1.45. The predicted molar refractivity (Wildman–Crippen MR) is 36.0 cm³/mol. The summed E-state index contributed by atoms with van der Waals surface area (Å²) in [7, 11) is 0. The first-order valence-corrected chi connectivity index (χ1v) is 3.43. The summed E-state index contributed by atoms with van der Waals surface area (Å²) in [6, 6.07) is 0. The van der Waals surface area contributed by atoms with Crippen molar-refractivity contribution in [2.24, 2.45) is 5.73 Å². The van der Waals surface area contributed by atoms with Crippen LogP contribution in [0.3, 0.4) is 0 Å². The lowest BCUT2D eigenvalue weighted by atomic mass is 10.3. The molecule has 2 unspecified atom stereocenters. The van der Waals surface area contributed by atoms with Crippen molar-refractivity contribution in [2.45, 2.75) is 25.6 Å². The van der Waals surface area contributed by atoms with Crippen LogP contribution in [-0.4, -0.2) is 25.4 Å². The van der Waals surface area contributed by atoms with Crippen molar-refractivity contribution in [2.75, 3.05) is 13.2 Å². The average molecular weight is 130 g/mol. The molecule has 9 heavy (non-hydrogen) atoms. The quantitative estimate of drug-likeness (QED) is 0.404. The van der Waals surface area contributed by atoms with Gasteiger partial charge in [0.2, 0.25) is 0 Å². The molecule has 0 saturated carbocycles. The van der Waals surface area contributed by atoms with Crippen LogP contribution in [0.4, 0.5) is 0 Å². The third-order valence-electron chi connectivity index (χ3n) is 1.45. The van der Waals surface area contributed by atoms with Gasteiger partial charge in [-0.05, 0) is 6.42 Å². The zero-order chi connectivity index (χ0) is 6.69. The van der Waals surface area contributed by atoms with Gasteiger partial charge in [-0.1, -0.05) is 6.92 Å². The fourth-order valence-electron chi connectivity index (χ4n) is 0.613. The molecule has 54 valence electrons. The zero-order valence-electron chi connectivity index (χ0n) is 5.76. The molecule has 1 saturated heterocycles. The van der Waals surface area contributed by atoms with E-state index >= 15 is 0 Å². The van der Waals surface area contributed by atoms with Crippen LogP contribution in [0.1, 0.15) is 13.3 Å². The van der Waals surface area contributed by atoms with Gasteiger partial charge in [0.25, 0.3) is 0 Å². The topological polar surface area (TPSA) is 50.6 Å². The van der Waals surface area contributed by atoms with E-state index in [1.165, 1.54) is 0 Å². The summed E-state index contributed by atoms with van der Waals surface area (Å²) >= 11 is 0. The van der Waals surface area contributed by atoms with Crippen LogP contribution in [0.2, 0.25) is 0 Å². The van der Waals surface area contributed by atoms with E-state index in [1.54, 1.807) is 0 Å². The highest BCUT2D eigenvalue weighted by molar-refractivity contribution is 4.72. The predicted octanol–water partition coefficient (Wildman–Crippen LogP) is -0.330. The number of nitrogens with one attached hydrogen (secondary N) is 1. The number of ether oxygens (including phenoxy) is 1. The molecule has 1 aliphatic heterocycles. The van der Waals surface area contributed by atoms with Crippen LogP contribution in [0, 0.1) is 0 Å². The van der Waals surface area contributed by atoms with Crippen molar-refractivity contribution < 1.29 is 4.74 Å². The molecule has 0 radical (unpaired) electrons. The SMILES string of the molecule is CCC(N)NCC1CO1. The summed E-state index contributed by atoms with van der Waals surface area (Å²) in [4.78, 5) is 0. The van der Waals surface area contributed by atoms with Crippen molar-refractivity contribution in [1.29, 1.82) is 0 Å². The maximum Gasteiger partial charge on any atom is 0.0934 e. The van der Waals surface area contributed by atoms with Gasteiger partial charge >= 0.3 is 0 Å². The minimum atomic E-state index is 0.147. The second-order valence-corrected chi connectivity index (χ2v) is 2.38. The molecule has 0 bridgehead atoms. The van der Waals surface area contributed by atoms with Crippen molar-refractivity contribution in [1.82, 2.24) is 5.32 Å². The van der Waals surface area contributed by atoms with Gasteiger partial charge in [-0.3, -0.25) is 5.32 Å². The van der Waals surface area contributed by atoms with Gasteiger partial charge in [0, 0.05) is 6.54 Å². The molecule has 0 amide bonds. The Kier molecular flexibility index (Phi) is 2.45. The molecule has 3 heteroatoms. The van der Waals surface area contributed by atoms with Gasteiger partial charge in [-0.25, -0.2) is 0 Å². The highest BCUT2D eigenvalue weighted by Crippen LogP contribution is 2.06. The fraction of sp³-hybridized carbons (Fsp3) is 1.00. The molecule has 0 aromatic carbocycles. The van der Waals surface area contributed by atoms with Crippen molar-refractivity contribution >= 4 is 0 Å². The Morgan fingerprint density at radius 2 is 2.56 bits per heavy atom. The van der Waals surface area contributed by atoms with E-state index < -0.39 is 0 Å². The zero-order valence-corrected chi connectivity index (χ0v) is 5.76. The molecule has 1 fully saturated rings. The van der Waals surface area contributed by atoms with Gasteiger partial charge in [0.15, 0.2) is 0 Å². The molecule has 0 aliphatic carbocycles. The fourth-order valence-corrected chi connectivity index (χ4v) is 0.613. The molecule has 0 spiro atoms. The van der Waals surface area contributed by atoms with Crippen LogP contribution >= 0.6 is 0 Å². The molecule has 3 nitrogen and oxygen atoms in total. The number of hydrogen-bond acceptors (Lipinski definition) is 3. The first-order valence-electron chi connectivity index (χ1n) is 3.43.